The zero-order valence-corrected chi connectivity index (χ0v) is 11.3. The van der Waals surface area contributed by atoms with Gasteiger partial charge in [0.05, 0.1) is 0 Å². The quantitative estimate of drug-likeness (QED) is 0.817. The first kappa shape index (κ1) is 12.9. The van der Waals surface area contributed by atoms with Gasteiger partial charge in [-0.1, -0.05) is 13.3 Å². The average molecular weight is 243 g/mol. The molecule has 0 bridgehead atoms. The van der Waals surface area contributed by atoms with Gasteiger partial charge in [0.25, 0.3) is 0 Å². The smallest absolute Gasteiger partial charge is 0.142 e. The fraction of sp³-hybridized carbons (Fsp3) is 0.600. The van der Waals surface area contributed by atoms with Crippen molar-refractivity contribution in [2.75, 3.05) is 11.9 Å². The molecule has 0 radical (unpaired) electrons. The first-order chi connectivity index (χ1) is 8.74. The van der Waals surface area contributed by atoms with Crippen molar-refractivity contribution >= 4 is 5.69 Å². The molecule has 3 heteroatoms. The third-order valence-electron chi connectivity index (χ3n) is 4.21. The minimum absolute atomic E-state index is 0.501. The van der Waals surface area contributed by atoms with Crippen molar-refractivity contribution in [2.45, 2.75) is 45.1 Å². The van der Waals surface area contributed by atoms with E-state index in [1.54, 1.807) is 6.20 Å². The van der Waals surface area contributed by atoms with E-state index in [9.17, 15) is 0 Å². The van der Waals surface area contributed by atoms with Gasteiger partial charge in [-0.2, -0.15) is 5.26 Å². The summed E-state index contributed by atoms with van der Waals surface area (Å²) in [5.41, 5.74) is 1.61. The summed E-state index contributed by atoms with van der Waals surface area (Å²) in [6.07, 6.45) is 8.23. The van der Waals surface area contributed by atoms with Crippen molar-refractivity contribution in [3.8, 4) is 6.07 Å². The van der Waals surface area contributed by atoms with E-state index in [1.807, 2.05) is 12.1 Å². The molecule has 0 spiro atoms. The second-order valence-corrected chi connectivity index (χ2v) is 5.20. The van der Waals surface area contributed by atoms with Gasteiger partial charge in [0.2, 0.25) is 0 Å². The fourth-order valence-corrected chi connectivity index (χ4v) is 2.85. The van der Waals surface area contributed by atoms with E-state index >= 15 is 0 Å². The minimum Gasteiger partial charge on any atom is -0.371 e. The van der Waals surface area contributed by atoms with Gasteiger partial charge in [-0.15, -0.1) is 0 Å². The number of hydrogen-bond acceptors (Lipinski definition) is 3. The Morgan fingerprint density at radius 1 is 1.39 bits per heavy atom. The van der Waals surface area contributed by atoms with Crippen LogP contribution in [0.2, 0.25) is 0 Å². The monoisotopic (exact) mass is 243 g/mol. The average Bonchev–Trinajstić information content (AvgIpc) is 2.46. The number of nitriles is 1. The lowest BCUT2D eigenvalue weighted by molar-refractivity contribution is 0.313. The summed E-state index contributed by atoms with van der Waals surface area (Å²) in [6.45, 7) is 2.29. The minimum atomic E-state index is 0.501. The van der Waals surface area contributed by atoms with E-state index in [0.29, 0.717) is 11.7 Å². The molecule has 1 fully saturated rings. The maximum Gasteiger partial charge on any atom is 0.142 e. The molecule has 0 amide bonds. The maximum atomic E-state index is 8.89. The first-order valence-corrected chi connectivity index (χ1v) is 6.83. The van der Waals surface area contributed by atoms with E-state index in [2.05, 4.69) is 29.9 Å². The van der Waals surface area contributed by atoms with Crippen LogP contribution >= 0.6 is 0 Å². The van der Waals surface area contributed by atoms with Crippen LogP contribution in [-0.2, 0) is 0 Å². The van der Waals surface area contributed by atoms with Crippen molar-refractivity contribution in [2.24, 2.45) is 5.92 Å². The standard InChI is InChI=1S/C15H21N3/c1-3-12-4-6-14(7-5-12)18(2)15-8-9-17-13(10-15)11-16/h8-10,12,14H,3-7H2,1-2H3. The molecule has 1 aromatic rings. The lowest BCUT2D eigenvalue weighted by Gasteiger charge is -2.35. The molecule has 0 unspecified atom stereocenters. The van der Waals surface area contributed by atoms with Crippen LogP contribution in [0.3, 0.4) is 0 Å². The predicted octanol–water partition coefficient (Wildman–Crippen LogP) is 3.36. The summed E-state index contributed by atoms with van der Waals surface area (Å²) in [5.74, 6) is 0.918. The Kier molecular flexibility index (Phi) is 4.19. The second-order valence-electron chi connectivity index (χ2n) is 5.20. The van der Waals surface area contributed by atoms with Crippen LogP contribution in [0.1, 0.15) is 44.7 Å². The third kappa shape index (κ3) is 2.81. The number of anilines is 1. The molecule has 1 aliphatic carbocycles. The van der Waals surface area contributed by atoms with Crippen LogP contribution in [0.15, 0.2) is 18.3 Å². The Bertz CT molecular complexity index is 428. The fourth-order valence-electron chi connectivity index (χ4n) is 2.85. The van der Waals surface area contributed by atoms with Crippen LogP contribution in [0.4, 0.5) is 5.69 Å². The van der Waals surface area contributed by atoms with Crippen molar-refractivity contribution in [1.29, 1.82) is 5.26 Å². The number of pyridine rings is 1. The third-order valence-corrected chi connectivity index (χ3v) is 4.21. The van der Waals surface area contributed by atoms with Crippen molar-refractivity contribution in [1.82, 2.24) is 4.98 Å². The van der Waals surface area contributed by atoms with E-state index in [4.69, 9.17) is 5.26 Å². The highest BCUT2D eigenvalue weighted by Gasteiger charge is 2.23. The van der Waals surface area contributed by atoms with Gasteiger partial charge in [-0.25, -0.2) is 4.98 Å². The molecule has 3 nitrogen and oxygen atoms in total. The summed E-state index contributed by atoms with van der Waals surface area (Å²) in [7, 11) is 2.13. The summed E-state index contributed by atoms with van der Waals surface area (Å²) in [6, 6.07) is 6.59. The predicted molar refractivity (Wildman–Crippen MR) is 73.4 cm³/mol. The molecule has 1 aliphatic rings. The number of aromatic nitrogens is 1. The molecule has 1 saturated carbocycles. The van der Waals surface area contributed by atoms with Crippen molar-refractivity contribution in [3.63, 3.8) is 0 Å². The Labute approximate surface area is 109 Å². The van der Waals surface area contributed by atoms with Gasteiger partial charge in [0, 0.05) is 25.0 Å². The van der Waals surface area contributed by atoms with Gasteiger partial charge in [-0.3, -0.25) is 0 Å². The topological polar surface area (TPSA) is 39.9 Å². The Hall–Kier alpha value is -1.56. The summed E-state index contributed by atoms with van der Waals surface area (Å²) >= 11 is 0. The van der Waals surface area contributed by atoms with Gasteiger partial charge in [0.1, 0.15) is 11.8 Å². The Morgan fingerprint density at radius 3 is 2.72 bits per heavy atom. The second kappa shape index (κ2) is 5.86. The van der Waals surface area contributed by atoms with Gasteiger partial charge in [-0.05, 0) is 43.7 Å². The van der Waals surface area contributed by atoms with E-state index in [0.717, 1.165) is 11.6 Å². The molecule has 0 atom stereocenters. The van der Waals surface area contributed by atoms with Crippen LogP contribution < -0.4 is 4.90 Å². The highest BCUT2D eigenvalue weighted by atomic mass is 15.1. The van der Waals surface area contributed by atoms with Gasteiger partial charge >= 0.3 is 0 Å². The Balaban J connectivity index is 2.03. The van der Waals surface area contributed by atoms with E-state index in [-0.39, 0.29) is 0 Å². The Morgan fingerprint density at radius 2 is 2.11 bits per heavy atom. The van der Waals surface area contributed by atoms with Gasteiger partial charge < -0.3 is 4.90 Å². The van der Waals surface area contributed by atoms with Crippen LogP contribution in [-0.4, -0.2) is 18.1 Å². The normalized spacial score (nSPS) is 23.4. The highest BCUT2D eigenvalue weighted by Crippen LogP contribution is 2.31. The van der Waals surface area contributed by atoms with Crippen LogP contribution in [0.25, 0.3) is 0 Å². The van der Waals surface area contributed by atoms with Crippen LogP contribution in [0, 0.1) is 17.2 Å². The van der Waals surface area contributed by atoms with Crippen molar-refractivity contribution in [3.05, 3.63) is 24.0 Å². The van der Waals surface area contributed by atoms with Gasteiger partial charge in [0.15, 0.2) is 0 Å². The molecule has 96 valence electrons. The molecule has 0 saturated heterocycles. The maximum absolute atomic E-state index is 8.89. The molecule has 1 heterocycles. The summed E-state index contributed by atoms with van der Waals surface area (Å²) in [5, 5.41) is 8.89. The first-order valence-electron chi connectivity index (χ1n) is 6.83. The molecule has 1 aromatic heterocycles. The zero-order valence-electron chi connectivity index (χ0n) is 11.3. The highest BCUT2D eigenvalue weighted by molar-refractivity contribution is 5.48. The SMILES string of the molecule is CCC1CCC(N(C)c2ccnc(C#N)c2)CC1. The lowest BCUT2D eigenvalue weighted by atomic mass is 9.84. The molecular formula is C15H21N3. The summed E-state index contributed by atoms with van der Waals surface area (Å²) in [4.78, 5) is 6.34. The van der Waals surface area contributed by atoms with Crippen molar-refractivity contribution < 1.29 is 0 Å². The largest absolute Gasteiger partial charge is 0.371 e. The molecular weight excluding hydrogens is 222 g/mol. The molecule has 18 heavy (non-hydrogen) atoms. The molecule has 0 aromatic carbocycles. The number of hydrogen-bond donors (Lipinski definition) is 0. The number of nitrogens with zero attached hydrogens (tertiary/aromatic N) is 3. The summed E-state index contributed by atoms with van der Waals surface area (Å²) < 4.78 is 0. The number of rotatable bonds is 3. The van der Waals surface area contributed by atoms with E-state index in [1.165, 1.54) is 32.1 Å². The zero-order chi connectivity index (χ0) is 13.0. The van der Waals surface area contributed by atoms with E-state index < -0.39 is 0 Å². The molecule has 0 aliphatic heterocycles. The van der Waals surface area contributed by atoms with Crippen LogP contribution in [0.5, 0.6) is 0 Å². The molecule has 0 N–H and O–H groups in total. The molecule has 2 rings (SSSR count). The lowest BCUT2D eigenvalue weighted by Crippen LogP contribution is -2.35.